The summed E-state index contributed by atoms with van der Waals surface area (Å²) < 4.78 is 5.96. The van der Waals surface area contributed by atoms with Gasteiger partial charge in [0.15, 0.2) is 0 Å². The largest absolute Gasteiger partial charge is 0.490 e. The van der Waals surface area contributed by atoms with Gasteiger partial charge in [-0.2, -0.15) is 0 Å². The third-order valence-electron chi connectivity index (χ3n) is 3.66. The van der Waals surface area contributed by atoms with E-state index in [1.807, 2.05) is 30.3 Å². The fraction of sp³-hybridized carbons (Fsp3) is 0.294. The van der Waals surface area contributed by atoms with Crippen LogP contribution in [0.2, 0.25) is 0 Å². The van der Waals surface area contributed by atoms with Crippen LogP contribution in [0.5, 0.6) is 5.75 Å². The molecule has 0 bridgehead atoms. The summed E-state index contributed by atoms with van der Waals surface area (Å²) in [5.74, 6) is 0.833. The van der Waals surface area contributed by atoms with Gasteiger partial charge in [-0.05, 0) is 24.5 Å². The van der Waals surface area contributed by atoms with Crippen LogP contribution < -0.4 is 4.74 Å². The van der Waals surface area contributed by atoms with Crippen LogP contribution >= 0.6 is 0 Å². The number of aryl methyl sites for hydroxylation is 1. The molecule has 1 aliphatic rings. The fourth-order valence-corrected chi connectivity index (χ4v) is 2.62. The molecule has 2 atom stereocenters. The summed E-state index contributed by atoms with van der Waals surface area (Å²) in [6.45, 7) is 0. The van der Waals surface area contributed by atoms with Crippen molar-refractivity contribution in [3.8, 4) is 5.75 Å². The second kappa shape index (κ2) is 5.45. The Labute approximate surface area is 113 Å². The second-order valence-corrected chi connectivity index (χ2v) is 5.05. The van der Waals surface area contributed by atoms with E-state index < -0.39 is 6.10 Å². The van der Waals surface area contributed by atoms with Crippen LogP contribution in [0.3, 0.4) is 0 Å². The van der Waals surface area contributed by atoms with Crippen LogP contribution in [0.4, 0.5) is 0 Å². The maximum atomic E-state index is 10.1. The van der Waals surface area contributed by atoms with Crippen molar-refractivity contribution in [1.82, 2.24) is 0 Å². The lowest BCUT2D eigenvalue weighted by Gasteiger charge is -2.29. The Morgan fingerprint density at radius 3 is 2.58 bits per heavy atom. The molecule has 1 aliphatic heterocycles. The van der Waals surface area contributed by atoms with Crippen LogP contribution in [0.15, 0.2) is 54.6 Å². The van der Waals surface area contributed by atoms with Gasteiger partial charge in [0.25, 0.3) is 0 Å². The zero-order chi connectivity index (χ0) is 13.1. The summed E-state index contributed by atoms with van der Waals surface area (Å²) >= 11 is 0. The van der Waals surface area contributed by atoms with Gasteiger partial charge in [0.2, 0.25) is 0 Å². The van der Waals surface area contributed by atoms with Crippen molar-refractivity contribution >= 4 is 0 Å². The molecule has 2 nitrogen and oxygen atoms in total. The molecule has 2 aromatic carbocycles. The summed E-state index contributed by atoms with van der Waals surface area (Å²) in [6, 6.07) is 18.2. The number of ether oxygens (including phenoxy) is 1. The van der Waals surface area contributed by atoms with Crippen LogP contribution in [-0.2, 0) is 6.42 Å². The monoisotopic (exact) mass is 254 g/mol. The Morgan fingerprint density at radius 2 is 1.74 bits per heavy atom. The first kappa shape index (κ1) is 12.2. The van der Waals surface area contributed by atoms with E-state index >= 15 is 0 Å². The van der Waals surface area contributed by atoms with Crippen LogP contribution in [-0.4, -0.2) is 11.2 Å². The van der Waals surface area contributed by atoms with Crippen molar-refractivity contribution in [3.63, 3.8) is 0 Å². The lowest BCUT2D eigenvalue weighted by atomic mass is 9.95. The van der Waals surface area contributed by atoms with Gasteiger partial charge >= 0.3 is 0 Å². The minimum atomic E-state index is -0.397. The summed E-state index contributed by atoms with van der Waals surface area (Å²) in [7, 11) is 0. The summed E-state index contributed by atoms with van der Waals surface area (Å²) in [5.41, 5.74) is 2.23. The van der Waals surface area contributed by atoms with Crippen molar-refractivity contribution in [2.75, 3.05) is 0 Å². The first-order valence-corrected chi connectivity index (χ1v) is 6.80. The first-order valence-electron chi connectivity index (χ1n) is 6.80. The number of aliphatic hydroxyl groups is 1. The van der Waals surface area contributed by atoms with E-state index in [2.05, 4.69) is 24.3 Å². The van der Waals surface area contributed by atoms with Gasteiger partial charge in [-0.3, -0.25) is 0 Å². The van der Waals surface area contributed by atoms with Crippen LogP contribution in [0, 0.1) is 0 Å². The minimum absolute atomic E-state index is 0.102. The molecule has 1 unspecified atom stereocenters. The number of hydrogen-bond acceptors (Lipinski definition) is 2. The average Bonchev–Trinajstić information content (AvgIpc) is 2.46. The lowest BCUT2D eigenvalue weighted by Crippen LogP contribution is -2.26. The third kappa shape index (κ3) is 2.79. The number of benzene rings is 2. The Kier molecular flexibility index (Phi) is 3.51. The number of para-hydroxylation sites is 1. The van der Waals surface area contributed by atoms with E-state index in [1.54, 1.807) is 0 Å². The van der Waals surface area contributed by atoms with Crippen molar-refractivity contribution in [1.29, 1.82) is 0 Å². The quantitative estimate of drug-likeness (QED) is 0.908. The second-order valence-electron chi connectivity index (χ2n) is 5.05. The molecule has 0 spiro atoms. The number of aliphatic hydroxyl groups excluding tert-OH is 1. The maximum absolute atomic E-state index is 10.1. The standard InChI is InChI=1S/C17H18O2/c18-16-12-14(11-10-13-6-2-1-3-7-13)19-17-9-5-4-8-15(16)17/h1-9,14,16,18H,10-12H2/t14-,16?/m1/s1. The molecule has 0 saturated heterocycles. The molecule has 0 amide bonds. The maximum Gasteiger partial charge on any atom is 0.125 e. The number of fused-ring (bicyclic) bond motifs is 1. The van der Waals surface area contributed by atoms with E-state index in [-0.39, 0.29) is 6.10 Å². The highest BCUT2D eigenvalue weighted by atomic mass is 16.5. The molecule has 2 heteroatoms. The number of hydrogen-bond donors (Lipinski definition) is 1. The molecule has 19 heavy (non-hydrogen) atoms. The van der Waals surface area contributed by atoms with Gasteiger partial charge in [0, 0.05) is 12.0 Å². The highest BCUT2D eigenvalue weighted by molar-refractivity contribution is 5.36. The highest BCUT2D eigenvalue weighted by Crippen LogP contribution is 2.35. The van der Waals surface area contributed by atoms with Crippen molar-refractivity contribution in [3.05, 3.63) is 65.7 Å². The summed E-state index contributed by atoms with van der Waals surface area (Å²) in [6.07, 6.45) is 2.32. The van der Waals surface area contributed by atoms with E-state index in [0.717, 1.165) is 24.2 Å². The molecule has 3 rings (SSSR count). The molecule has 0 saturated carbocycles. The van der Waals surface area contributed by atoms with Gasteiger partial charge in [-0.25, -0.2) is 0 Å². The van der Waals surface area contributed by atoms with Gasteiger partial charge in [-0.1, -0.05) is 48.5 Å². The molecular formula is C17H18O2. The van der Waals surface area contributed by atoms with Crippen LogP contribution in [0.1, 0.15) is 30.1 Å². The predicted molar refractivity (Wildman–Crippen MR) is 75.2 cm³/mol. The van der Waals surface area contributed by atoms with Gasteiger partial charge < -0.3 is 9.84 Å². The third-order valence-corrected chi connectivity index (χ3v) is 3.66. The molecule has 0 fully saturated rings. The molecule has 2 aromatic rings. The SMILES string of the molecule is OC1C[C@@H](CCc2ccccc2)Oc2ccccc21. The van der Waals surface area contributed by atoms with E-state index in [9.17, 15) is 5.11 Å². The molecule has 0 radical (unpaired) electrons. The Hall–Kier alpha value is -1.80. The van der Waals surface area contributed by atoms with E-state index in [1.165, 1.54) is 5.56 Å². The zero-order valence-corrected chi connectivity index (χ0v) is 10.8. The van der Waals surface area contributed by atoms with Crippen molar-refractivity contribution < 1.29 is 9.84 Å². The van der Waals surface area contributed by atoms with E-state index in [4.69, 9.17) is 4.74 Å². The molecule has 98 valence electrons. The Bertz CT molecular complexity index is 536. The molecule has 1 N–H and O–H groups in total. The molecule has 1 heterocycles. The highest BCUT2D eigenvalue weighted by Gasteiger charge is 2.26. The van der Waals surface area contributed by atoms with Crippen molar-refractivity contribution in [2.24, 2.45) is 0 Å². The lowest BCUT2D eigenvalue weighted by molar-refractivity contribution is 0.0620. The van der Waals surface area contributed by atoms with Gasteiger partial charge in [-0.15, -0.1) is 0 Å². The topological polar surface area (TPSA) is 29.5 Å². The Balaban J connectivity index is 1.65. The number of rotatable bonds is 3. The van der Waals surface area contributed by atoms with E-state index in [0.29, 0.717) is 6.42 Å². The molecular weight excluding hydrogens is 236 g/mol. The predicted octanol–water partition coefficient (Wildman–Crippen LogP) is 3.50. The summed E-state index contributed by atoms with van der Waals surface area (Å²) in [5, 5.41) is 10.1. The first-order chi connectivity index (χ1) is 9.33. The molecule has 0 aliphatic carbocycles. The summed E-state index contributed by atoms with van der Waals surface area (Å²) in [4.78, 5) is 0. The smallest absolute Gasteiger partial charge is 0.125 e. The average molecular weight is 254 g/mol. The minimum Gasteiger partial charge on any atom is -0.490 e. The molecule has 0 aromatic heterocycles. The van der Waals surface area contributed by atoms with Gasteiger partial charge in [0.1, 0.15) is 11.9 Å². The normalized spacial score (nSPS) is 21.5. The van der Waals surface area contributed by atoms with Gasteiger partial charge in [0.05, 0.1) is 6.10 Å². The van der Waals surface area contributed by atoms with Crippen LogP contribution in [0.25, 0.3) is 0 Å². The zero-order valence-electron chi connectivity index (χ0n) is 10.8. The fourth-order valence-electron chi connectivity index (χ4n) is 2.62. The van der Waals surface area contributed by atoms with Crippen molar-refractivity contribution in [2.45, 2.75) is 31.5 Å². The Morgan fingerprint density at radius 1 is 1.00 bits per heavy atom.